The Morgan fingerprint density at radius 3 is 2.67 bits per heavy atom. The quantitative estimate of drug-likeness (QED) is 0.160. The van der Waals surface area contributed by atoms with E-state index in [4.69, 9.17) is 4.74 Å². The number of aryl methyl sites for hydroxylation is 2. The van der Waals surface area contributed by atoms with E-state index in [0.717, 1.165) is 58.9 Å². The van der Waals surface area contributed by atoms with E-state index >= 15 is 0 Å². The fourth-order valence-corrected chi connectivity index (χ4v) is 6.23. The van der Waals surface area contributed by atoms with Gasteiger partial charge >= 0.3 is 0 Å². The molecule has 45 heavy (non-hydrogen) atoms. The van der Waals surface area contributed by atoms with Crippen molar-refractivity contribution in [2.24, 2.45) is 7.05 Å². The molecule has 1 amide bonds. The average molecular weight is 601 g/mol. The van der Waals surface area contributed by atoms with Gasteiger partial charge in [0.15, 0.2) is 0 Å². The molecule has 0 spiro atoms. The Balaban J connectivity index is 1.16. The molecule has 9 heteroatoms. The lowest BCUT2D eigenvalue weighted by atomic mass is 9.93. The summed E-state index contributed by atoms with van der Waals surface area (Å²) in [5.41, 5.74) is 7.45. The highest BCUT2D eigenvalue weighted by Crippen LogP contribution is 2.32. The molecule has 0 aliphatic heterocycles. The first-order valence-corrected chi connectivity index (χ1v) is 15.2. The maximum absolute atomic E-state index is 13.7. The fourth-order valence-electron chi connectivity index (χ4n) is 6.23. The van der Waals surface area contributed by atoms with Gasteiger partial charge in [-0.15, -0.1) is 0 Å². The van der Waals surface area contributed by atoms with Crippen LogP contribution in [-0.4, -0.2) is 51.4 Å². The molecular formula is C36H36N6O3. The topological polar surface area (TPSA) is 113 Å². The molecule has 1 fully saturated rings. The number of aromatic nitrogens is 3. The Kier molecular flexibility index (Phi) is 8.60. The number of carbonyl (C=O) groups excluding carboxylic acids is 2. The van der Waals surface area contributed by atoms with Gasteiger partial charge in [0.2, 0.25) is 11.7 Å². The smallest absolute Gasteiger partial charge is 0.248 e. The molecule has 1 saturated carbocycles. The zero-order chi connectivity index (χ0) is 31.5. The molecular weight excluding hydrogens is 564 g/mol. The highest BCUT2D eigenvalue weighted by atomic mass is 16.5. The first kappa shape index (κ1) is 30.0. The van der Waals surface area contributed by atoms with Crippen LogP contribution in [-0.2, 0) is 16.6 Å². The lowest BCUT2D eigenvalue weighted by molar-refractivity contribution is -0.111. The number of nitriles is 1. The van der Waals surface area contributed by atoms with Crippen LogP contribution in [0.15, 0.2) is 79.3 Å². The number of hydrogen-bond acceptors (Lipinski definition) is 6. The number of fused-ring (bicyclic) bond motifs is 2. The summed E-state index contributed by atoms with van der Waals surface area (Å²) >= 11 is 0. The average Bonchev–Trinajstić information content (AvgIpc) is 3.66. The zero-order valence-electron chi connectivity index (χ0n) is 25.7. The van der Waals surface area contributed by atoms with Crippen molar-refractivity contribution in [3.8, 4) is 17.2 Å². The third kappa shape index (κ3) is 6.16. The molecule has 0 bridgehead atoms. The second kappa shape index (κ2) is 12.9. The van der Waals surface area contributed by atoms with E-state index in [1.54, 1.807) is 37.7 Å². The maximum atomic E-state index is 13.7. The van der Waals surface area contributed by atoms with E-state index in [0.29, 0.717) is 35.6 Å². The molecule has 228 valence electrons. The number of carbonyl (C=O) groups is 2. The van der Waals surface area contributed by atoms with E-state index in [1.807, 2.05) is 40.4 Å². The number of pyridine rings is 1. The van der Waals surface area contributed by atoms with Crippen LogP contribution in [0.25, 0.3) is 27.7 Å². The van der Waals surface area contributed by atoms with Gasteiger partial charge in [0, 0.05) is 50.1 Å². The van der Waals surface area contributed by atoms with E-state index < -0.39 is 0 Å². The van der Waals surface area contributed by atoms with Crippen LogP contribution in [0, 0.1) is 18.3 Å². The SMILES string of the molecule is COC1CCC(NC/C=C/C(=O)Nc2ccc(C(=O)c3ccc4c(-c5cc6ncn(C)c6cc5C)cccn34)cc2C#N)CC1. The number of amides is 1. The summed E-state index contributed by atoms with van der Waals surface area (Å²) in [6, 6.07) is 19.2. The third-order valence-electron chi connectivity index (χ3n) is 8.75. The lowest BCUT2D eigenvalue weighted by Crippen LogP contribution is -2.35. The number of nitrogens with one attached hydrogen (secondary N) is 2. The number of methoxy groups -OCH3 is 1. The Morgan fingerprint density at radius 1 is 1.07 bits per heavy atom. The van der Waals surface area contributed by atoms with Crippen molar-refractivity contribution in [2.75, 3.05) is 19.0 Å². The third-order valence-corrected chi connectivity index (χ3v) is 8.75. The Hall–Kier alpha value is -5.04. The van der Waals surface area contributed by atoms with Gasteiger partial charge in [-0.25, -0.2) is 4.98 Å². The molecule has 0 unspecified atom stereocenters. The molecule has 1 aliphatic rings. The summed E-state index contributed by atoms with van der Waals surface area (Å²) in [5, 5.41) is 16.1. The Bertz CT molecular complexity index is 1970. The van der Waals surface area contributed by atoms with E-state index in [2.05, 4.69) is 40.7 Å². The van der Waals surface area contributed by atoms with Gasteiger partial charge in [0.1, 0.15) is 6.07 Å². The van der Waals surface area contributed by atoms with E-state index in [-0.39, 0.29) is 17.3 Å². The number of ketones is 1. The predicted octanol–water partition coefficient (Wildman–Crippen LogP) is 5.95. The highest BCUT2D eigenvalue weighted by molar-refractivity contribution is 6.10. The van der Waals surface area contributed by atoms with Crippen LogP contribution >= 0.6 is 0 Å². The van der Waals surface area contributed by atoms with Crippen LogP contribution in [0.4, 0.5) is 5.69 Å². The number of hydrogen-bond donors (Lipinski definition) is 2. The van der Waals surface area contributed by atoms with Gasteiger partial charge in [-0.3, -0.25) is 9.59 Å². The van der Waals surface area contributed by atoms with Crippen molar-refractivity contribution in [2.45, 2.75) is 44.8 Å². The van der Waals surface area contributed by atoms with Gasteiger partial charge in [-0.2, -0.15) is 5.26 Å². The van der Waals surface area contributed by atoms with Crippen molar-refractivity contribution in [3.63, 3.8) is 0 Å². The lowest BCUT2D eigenvalue weighted by Gasteiger charge is -2.27. The second-order valence-corrected chi connectivity index (χ2v) is 11.6. The first-order chi connectivity index (χ1) is 21.9. The largest absolute Gasteiger partial charge is 0.381 e. The van der Waals surface area contributed by atoms with Crippen LogP contribution in [0.2, 0.25) is 0 Å². The standard InChI is InChI=1S/C36H36N6O3/c1-23-18-34-31(39-22-41(34)2)20-29(23)28-6-5-17-42-32(28)14-15-33(42)36(44)24-8-13-30(25(19-24)21-37)40-35(43)7-4-16-38-26-9-11-27(45-3)12-10-26/h4-8,13-15,17-20,22,26-27,38H,9-12,16H2,1-3H3,(H,40,43)/b7-4+. The minimum Gasteiger partial charge on any atom is -0.381 e. The van der Waals surface area contributed by atoms with Gasteiger partial charge < -0.3 is 24.3 Å². The minimum absolute atomic E-state index is 0.219. The molecule has 9 nitrogen and oxygen atoms in total. The van der Waals surface area contributed by atoms with Gasteiger partial charge in [-0.1, -0.05) is 12.1 Å². The van der Waals surface area contributed by atoms with Gasteiger partial charge in [0.05, 0.1) is 45.9 Å². The predicted molar refractivity (Wildman–Crippen MR) is 175 cm³/mol. The van der Waals surface area contributed by atoms with Crippen LogP contribution in [0.3, 0.4) is 0 Å². The summed E-state index contributed by atoms with van der Waals surface area (Å²) in [4.78, 5) is 30.8. The fraction of sp³-hybridized carbons (Fsp3) is 0.278. The number of nitrogens with zero attached hydrogens (tertiary/aromatic N) is 4. The number of imidazole rings is 1. The highest BCUT2D eigenvalue weighted by Gasteiger charge is 2.20. The summed E-state index contributed by atoms with van der Waals surface area (Å²) in [7, 11) is 3.74. The molecule has 0 radical (unpaired) electrons. The van der Waals surface area contributed by atoms with Crippen molar-refractivity contribution >= 4 is 33.9 Å². The molecule has 2 N–H and O–H groups in total. The number of ether oxygens (including phenoxy) is 1. The molecule has 2 aromatic carbocycles. The summed E-state index contributed by atoms with van der Waals surface area (Å²) in [6.07, 6.45) is 11.5. The monoisotopic (exact) mass is 600 g/mol. The van der Waals surface area contributed by atoms with Crippen molar-refractivity contribution in [3.05, 3.63) is 102 Å². The van der Waals surface area contributed by atoms with Crippen molar-refractivity contribution in [1.82, 2.24) is 19.3 Å². The molecule has 0 atom stereocenters. The second-order valence-electron chi connectivity index (χ2n) is 11.6. The minimum atomic E-state index is -0.334. The number of benzene rings is 2. The van der Waals surface area contributed by atoms with Crippen molar-refractivity contribution < 1.29 is 14.3 Å². The van der Waals surface area contributed by atoms with E-state index in [1.165, 1.54) is 12.1 Å². The van der Waals surface area contributed by atoms with Crippen LogP contribution in [0.5, 0.6) is 0 Å². The number of anilines is 1. The molecule has 6 rings (SSSR count). The molecule has 0 saturated heterocycles. The van der Waals surface area contributed by atoms with Gasteiger partial charge in [-0.05, 0) is 92.3 Å². The maximum Gasteiger partial charge on any atom is 0.248 e. The Labute approximate surface area is 262 Å². The summed E-state index contributed by atoms with van der Waals surface area (Å²) in [6.45, 7) is 2.66. The van der Waals surface area contributed by atoms with Crippen LogP contribution in [0.1, 0.15) is 52.9 Å². The van der Waals surface area contributed by atoms with Gasteiger partial charge in [0.25, 0.3) is 0 Å². The molecule has 3 aromatic heterocycles. The molecule has 5 aromatic rings. The molecule has 1 aliphatic carbocycles. The zero-order valence-corrected chi connectivity index (χ0v) is 25.7. The summed E-state index contributed by atoms with van der Waals surface area (Å²) < 4.78 is 9.30. The summed E-state index contributed by atoms with van der Waals surface area (Å²) in [5.74, 6) is -0.552. The van der Waals surface area contributed by atoms with Crippen LogP contribution < -0.4 is 10.6 Å². The van der Waals surface area contributed by atoms with E-state index in [9.17, 15) is 14.9 Å². The normalized spacial score (nSPS) is 16.8. The Morgan fingerprint density at radius 2 is 1.89 bits per heavy atom. The van der Waals surface area contributed by atoms with Crippen molar-refractivity contribution in [1.29, 1.82) is 5.26 Å². The number of rotatable bonds is 9. The first-order valence-electron chi connectivity index (χ1n) is 15.2. The molecule has 3 heterocycles.